The maximum absolute atomic E-state index is 6.04. The third-order valence-electron chi connectivity index (χ3n) is 4.03. The topological polar surface area (TPSA) is 34.5 Å². The molecule has 23 heavy (non-hydrogen) atoms. The van der Waals surface area contributed by atoms with Gasteiger partial charge in [0.2, 0.25) is 5.90 Å². The lowest BCUT2D eigenvalue weighted by atomic mass is 9.96. The molecule has 4 heteroatoms. The number of halogens is 1. The summed E-state index contributed by atoms with van der Waals surface area (Å²) in [4.78, 5) is 9.39. The van der Waals surface area contributed by atoms with Crippen molar-refractivity contribution in [3.63, 3.8) is 0 Å². The van der Waals surface area contributed by atoms with E-state index in [0.717, 1.165) is 28.7 Å². The maximum Gasteiger partial charge on any atom is 0.235 e. The number of ether oxygens (including phenoxy) is 1. The van der Waals surface area contributed by atoms with Gasteiger partial charge in [-0.1, -0.05) is 55.7 Å². The van der Waals surface area contributed by atoms with Crippen LogP contribution in [0.4, 0.5) is 0 Å². The summed E-state index contributed by atoms with van der Waals surface area (Å²) in [6.45, 7) is 0.514. The summed E-state index contributed by atoms with van der Waals surface area (Å²) in [5.74, 6) is 0.655. The first-order chi connectivity index (χ1) is 11.3. The first-order valence-corrected chi connectivity index (χ1v) is 8.98. The van der Waals surface area contributed by atoms with Crippen LogP contribution in [0.3, 0.4) is 0 Å². The van der Waals surface area contributed by atoms with E-state index in [2.05, 4.69) is 33.0 Å². The fourth-order valence-electron chi connectivity index (χ4n) is 2.81. The zero-order valence-electron chi connectivity index (χ0n) is 13.1. The molecule has 0 radical (unpaired) electrons. The van der Waals surface area contributed by atoms with E-state index in [1.165, 1.54) is 19.3 Å². The fraction of sp³-hybridized carbons (Fsp3) is 0.368. The van der Waals surface area contributed by atoms with Crippen molar-refractivity contribution >= 4 is 21.8 Å². The molecule has 120 valence electrons. The van der Waals surface area contributed by atoms with E-state index < -0.39 is 0 Å². The van der Waals surface area contributed by atoms with Crippen LogP contribution in [0.15, 0.2) is 58.1 Å². The molecular formula is C19H21BrN2O. The molecule has 0 spiro atoms. The van der Waals surface area contributed by atoms with Gasteiger partial charge in [0, 0.05) is 0 Å². The minimum atomic E-state index is 0.357. The van der Waals surface area contributed by atoms with Gasteiger partial charge in [0.05, 0.1) is 6.04 Å². The van der Waals surface area contributed by atoms with Gasteiger partial charge in [0.15, 0.2) is 0 Å². The van der Waals surface area contributed by atoms with Crippen molar-refractivity contribution < 1.29 is 4.74 Å². The van der Waals surface area contributed by atoms with Gasteiger partial charge in [-0.05, 0) is 46.5 Å². The highest BCUT2D eigenvalue weighted by molar-refractivity contribution is 9.10. The highest BCUT2D eigenvalue weighted by Gasteiger charge is 2.16. The van der Waals surface area contributed by atoms with E-state index in [-0.39, 0.29) is 0 Å². The second kappa shape index (κ2) is 8.25. The molecule has 1 aliphatic carbocycles. The van der Waals surface area contributed by atoms with Crippen LogP contribution < -0.4 is 0 Å². The van der Waals surface area contributed by atoms with Crippen LogP contribution in [-0.4, -0.2) is 16.9 Å². The van der Waals surface area contributed by atoms with Crippen molar-refractivity contribution in [1.82, 2.24) is 4.98 Å². The molecule has 1 heterocycles. The zero-order valence-corrected chi connectivity index (χ0v) is 14.7. The second-order valence-corrected chi connectivity index (χ2v) is 6.66. The highest BCUT2D eigenvalue weighted by atomic mass is 79.9. The Morgan fingerprint density at radius 3 is 2.57 bits per heavy atom. The second-order valence-electron chi connectivity index (χ2n) is 5.85. The van der Waals surface area contributed by atoms with Gasteiger partial charge in [-0.25, -0.2) is 9.98 Å². The molecule has 1 aliphatic rings. The normalized spacial score (nSPS) is 16.3. The van der Waals surface area contributed by atoms with Crippen LogP contribution in [0, 0.1) is 0 Å². The van der Waals surface area contributed by atoms with Gasteiger partial charge in [-0.15, -0.1) is 0 Å². The van der Waals surface area contributed by atoms with Crippen LogP contribution in [0.2, 0.25) is 0 Å². The first kappa shape index (κ1) is 16.2. The van der Waals surface area contributed by atoms with Gasteiger partial charge in [-0.3, -0.25) is 0 Å². The van der Waals surface area contributed by atoms with Crippen molar-refractivity contribution in [1.29, 1.82) is 0 Å². The van der Waals surface area contributed by atoms with Gasteiger partial charge in [0.25, 0.3) is 0 Å². The van der Waals surface area contributed by atoms with Gasteiger partial charge < -0.3 is 4.74 Å². The predicted molar refractivity (Wildman–Crippen MR) is 96.6 cm³/mol. The van der Waals surface area contributed by atoms with Crippen molar-refractivity contribution in [2.75, 3.05) is 0 Å². The Kier molecular flexibility index (Phi) is 5.81. The van der Waals surface area contributed by atoms with E-state index in [1.54, 1.807) is 0 Å². The van der Waals surface area contributed by atoms with E-state index in [9.17, 15) is 0 Å². The molecule has 3 nitrogen and oxygen atoms in total. The molecule has 0 aliphatic heterocycles. The number of pyridine rings is 1. The quantitative estimate of drug-likeness (QED) is 0.423. The summed E-state index contributed by atoms with van der Waals surface area (Å²) in [5, 5.41) is 0. The highest BCUT2D eigenvalue weighted by Crippen LogP contribution is 2.21. The van der Waals surface area contributed by atoms with Crippen LogP contribution in [-0.2, 0) is 11.3 Å². The summed E-state index contributed by atoms with van der Waals surface area (Å²) in [6, 6.07) is 16.4. The number of hydrogen-bond donors (Lipinski definition) is 0. The summed E-state index contributed by atoms with van der Waals surface area (Å²) in [7, 11) is 0. The Bertz CT molecular complexity index is 651. The third-order valence-corrected chi connectivity index (χ3v) is 4.47. The lowest BCUT2D eigenvalue weighted by Crippen LogP contribution is -2.17. The largest absolute Gasteiger partial charge is 0.472 e. The molecular weight excluding hydrogens is 352 g/mol. The lowest BCUT2D eigenvalue weighted by Gasteiger charge is -2.19. The Balaban J connectivity index is 1.79. The third kappa shape index (κ3) is 4.90. The number of benzene rings is 1. The number of nitrogens with zero attached hydrogens (tertiary/aromatic N) is 2. The van der Waals surface area contributed by atoms with E-state index in [0.29, 0.717) is 18.5 Å². The van der Waals surface area contributed by atoms with Gasteiger partial charge in [-0.2, -0.15) is 0 Å². The number of hydrogen-bond acceptors (Lipinski definition) is 3. The van der Waals surface area contributed by atoms with E-state index >= 15 is 0 Å². The van der Waals surface area contributed by atoms with Crippen molar-refractivity contribution in [3.8, 4) is 0 Å². The fourth-order valence-corrected chi connectivity index (χ4v) is 3.15. The lowest BCUT2D eigenvalue weighted by molar-refractivity contribution is 0.286. The molecule has 0 unspecified atom stereocenters. The van der Waals surface area contributed by atoms with Crippen LogP contribution in [0.1, 0.15) is 43.4 Å². The minimum Gasteiger partial charge on any atom is -0.472 e. The molecule has 0 saturated heterocycles. The number of aromatic nitrogens is 1. The standard InChI is InChI=1S/C19H21BrN2O/c20-18-13-7-12-17(22-18)19(21-16-10-5-2-6-11-16)23-14-15-8-3-1-4-9-15/h1,3-4,7-9,12-13,16H,2,5-6,10-11,14H2. The minimum absolute atomic E-state index is 0.357. The van der Waals surface area contributed by atoms with Crippen molar-refractivity contribution in [3.05, 3.63) is 64.4 Å². The summed E-state index contributed by atoms with van der Waals surface area (Å²) in [5.41, 5.74) is 1.93. The predicted octanol–water partition coefficient (Wildman–Crippen LogP) is 5.14. The Morgan fingerprint density at radius 1 is 1.04 bits per heavy atom. The van der Waals surface area contributed by atoms with Crippen molar-refractivity contribution in [2.24, 2.45) is 4.99 Å². The average Bonchev–Trinajstić information content (AvgIpc) is 2.60. The number of aliphatic imine (C=N–C) groups is 1. The SMILES string of the molecule is Brc1cccc(C(=NC2CCCCC2)OCc2ccccc2)n1. The zero-order chi connectivity index (χ0) is 15.9. The Labute approximate surface area is 145 Å². The molecule has 0 atom stereocenters. The van der Waals surface area contributed by atoms with E-state index in [1.807, 2.05) is 36.4 Å². The van der Waals surface area contributed by atoms with Gasteiger partial charge in [0.1, 0.15) is 16.9 Å². The van der Waals surface area contributed by atoms with Crippen LogP contribution in [0.5, 0.6) is 0 Å². The average molecular weight is 373 g/mol. The molecule has 1 saturated carbocycles. The van der Waals surface area contributed by atoms with E-state index in [4.69, 9.17) is 9.73 Å². The summed E-state index contributed by atoms with van der Waals surface area (Å²) >= 11 is 3.43. The van der Waals surface area contributed by atoms with Crippen LogP contribution >= 0.6 is 15.9 Å². The Morgan fingerprint density at radius 2 is 1.83 bits per heavy atom. The molecule has 1 fully saturated rings. The Hall–Kier alpha value is -1.68. The molecule has 1 aromatic heterocycles. The summed E-state index contributed by atoms with van der Waals surface area (Å²) in [6.07, 6.45) is 6.12. The molecule has 3 rings (SSSR count). The molecule has 2 aromatic rings. The number of rotatable bonds is 4. The van der Waals surface area contributed by atoms with Crippen LogP contribution in [0.25, 0.3) is 0 Å². The molecule has 0 bridgehead atoms. The first-order valence-electron chi connectivity index (χ1n) is 8.19. The maximum atomic E-state index is 6.04. The molecule has 0 N–H and O–H groups in total. The van der Waals surface area contributed by atoms with Gasteiger partial charge >= 0.3 is 0 Å². The van der Waals surface area contributed by atoms with Crippen molar-refractivity contribution in [2.45, 2.75) is 44.8 Å². The molecule has 0 amide bonds. The smallest absolute Gasteiger partial charge is 0.235 e. The monoisotopic (exact) mass is 372 g/mol. The summed E-state index contributed by atoms with van der Waals surface area (Å²) < 4.78 is 6.84. The molecule has 1 aromatic carbocycles.